The third-order valence-electron chi connectivity index (χ3n) is 1.78. The molecule has 2 rings (SSSR count). The quantitative estimate of drug-likeness (QED) is 0.843. The fourth-order valence-corrected chi connectivity index (χ4v) is 1.43. The Morgan fingerprint density at radius 3 is 2.53 bits per heavy atom. The maximum absolute atomic E-state index is 13.1. The fraction of sp³-hybridized carbons (Fsp3) is 0.125. The average Bonchev–Trinajstić information content (AvgIpc) is 2.73. The molecule has 0 fully saturated rings. The Balaban J connectivity index is 2.24. The minimum Gasteiger partial charge on any atom is -0.480 e. The van der Waals surface area contributed by atoms with E-state index in [1.165, 1.54) is 7.11 Å². The largest absolute Gasteiger partial charge is 0.480 e. The highest BCUT2D eigenvalue weighted by Gasteiger charge is 2.11. The smallest absolute Gasteiger partial charge is 0.234 e. The summed E-state index contributed by atoms with van der Waals surface area (Å²) >= 11 is 11.0. The highest BCUT2D eigenvalue weighted by Crippen LogP contribution is 2.22. The fourth-order valence-electron chi connectivity index (χ4n) is 1.04. The lowest BCUT2D eigenvalue weighted by atomic mass is 10.6. The maximum Gasteiger partial charge on any atom is 0.234 e. The average molecular weight is 278 g/mol. The van der Waals surface area contributed by atoms with Crippen LogP contribution < -0.4 is 10.1 Å². The number of nitrogens with one attached hydrogen (secondary N) is 2. The molecule has 0 saturated heterocycles. The first-order valence-corrected chi connectivity index (χ1v) is 5.10. The first kappa shape index (κ1) is 11.9. The van der Waals surface area contributed by atoms with Crippen molar-refractivity contribution >= 4 is 35.0 Å². The molecular weight excluding hydrogens is 272 g/mol. The van der Waals surface area contributed by atoms with Gasteiger partial charge in [0.15, 0.2) is 16.1 Å². The first-order chi connectivity index (χ1) is 8.10. The summed E-state index contributed by atoms with van der Waals surface area (Å²) in [6.45, 7) is 0. The molecule has 0 saturated carbocycles. The second-order valence-electron chi connectivity index (χ2n) is 2.89. The van der Waals surface area contributed by atoms with E-state index in [1.54, 1.807) is 6.07 Å². The van der Waals surface area contributed by atoms with E-state index in [0.29, 0.717) is 11.7 Å². The van der Waals surface area contributed by atoms with Crippen LogP contribution in [0.4, 0.5) is 16.2 Å². The lowest BCUT2D eigenvalue weighted by Crippen LogP contribution is -2.00. The van der Waals surface area contributed by atoms with Gasteiger partial charge in [0, 0.05) is 6.07 Å². The summed E-state index contributed by atoms with van der Waals surface area (Å²) in [5, 5.41) is 8.39. The molecule has 0 unspecified atom stereocenters. The van der Waals surface area contributed by atoms with Gasteiger partial charge in [0.05, 0.1) is 7.11 Å². The van der Waals surface area contributed by atoms with Gasteiger partial charge in [-0.1, -0.05) is 23.2 Å². The van der Waals surface area contributed by atoms with E-state index in [0.717, 1.165) is 0 Å². The molecule has 0 aliphatic carbocycles. The van der Waals surface area contributed by atoms with Crippen LogP contribution in [0, 0.1) is 5.82 Å². The number of hydrogen-bond donors (Lipinski definition) is 2. The normalized spacial score (nSPS) is 10.4. The lowest BCUT2D eigenvalue weighted by molar-refractivity contribution is 0.397. The molecule has 0 aliphatic rings. The number of H-pyrrole nitrogens is 1. The van der Waals surface area contributed by atoms with Gasteiger partial charge in [0.2, 0.25) is 11.8 Å². The van der Waals surface area contributed by atoms with Crippen LogP contribution in [0.15, 0.2) is 6.07 Å². The predicted molar refractivity (Wildman–Crippen MR) is 60.4 cm³/mol. The van der Waals surface area contributed by atoms with Crippen LogP contribution in [0.25, 0.3) is 0 Å². The van der Waals surface area contributed by atoms with Crippen molar-refractivity contribution in [2.45, 2.75) is 0 Å². The Kier molecular flexibility index (Phi) is 3.30. The number of methoxy groups -OCH3 is 1. The minimum atomic E-state index is -0.860. The summed E-state index contributed by atoms with van der Waals surface area (Å²) in [7, 11) is 1.47. The summed E-state index contributed by atoms with van der Waals surface area (Å²) in [6.07, 6.45) is 0. The molecule has 9 heteroatoms. The van der Waals surface area contributed by atoms with Gasteiger partial charge in [-0.2, -0.15) is 9.97 Å². The molecule has 17 heavy (non-hydrogen) atoms. The monoisotopic (exact) mass is 277 g/mol. The molecule has 2 aromatic rings. The van der Waals surface area contributed by atoms with E-state index >= 15 is 0 Å². The summed E-state index contributed by atoms with van der Waals surface area (Å²) in [5.41, 5.74) is 0. The Labute approximate surface area is 105 Å². The van der Waals surface area contributed by atoms with Gasteiger partial charge < -0.3 is 10.1 Å². The number of anilines is 2. The highest BCUT2D eigenvalue weighted by molar-refractivity contribution is 6.33. The van der Waals surface area contributed by atoms with Gasteiger partial charge in [0.25, 0.3) is 0 Å². The number of nitrogens with zero attached hydrogens (tertiary/aromatic N) is 3. The summed E-state index contributed by atoms with van der Waals surface area (Å²) in [4.78, 5) is 7.32. The number of halogens is 3. The van der Waals surface area contributed by atoms with E-state index < -0.39 is 5.82 Å². The zero-order chi connectivity index (χ0) is 12.4. The zero-order valence-corrected chi connectivity index (χ0v) is 9.97. The third kappa shape index (κ3) is 2.56. The molecule has 2 N–H and O–H groups in total. The van der Waals surface area contributed by atoms with Gasteiger partial charge in [-0.25, -0.2) is 4.39 Å². The van der Waals surface area contributed by atoms with E-state index in [1.807, 2.05) is 0 Å². The van der Waals surface area contributed by atoms with Crippen LogP contribution in [0.1, 0.15) is 0 Å². The standard InChI is InChI=1S/C8H6Cl2FN5O/c1-17-4-2-3(15-16-4)12-8-13-6(9)5(11)7(10)14-8/h2H,1H3,(H2,12,13,14,15,16). The molecule has 0 aliphatic heterocycles. The molecule has 0 spiro atoms. The van der Waals surface area contributed by atoms with Crippen LogP contribution in [-0.4, -0.2) is 27.3 Å². The molecule has 2 aromatic heterocycles. The van der Waals surface area contributed by atoms with Crippen molar-refractivity contribution in [3.63, 3.8) is 0 Å². The lowest BCUT2D eigenvalue weighted by Gasteiger charge is -2.03. The van der Waals surface area contributed by atoms with Crippen LogP contribution in [0.3, 0.4) is 0 Å². The molecule has 0 amide bonds. The van der Waals surface area contributed by atoms with Crippen LogP contribution in [0.5, 0.6) is 5.88 Å². The van der Waals surface area contributed by atoms with Gasteiger partial charge in [0.1, 0.15) is 5.82 Å². The van der Waals surface area contributed by atoms with Gasteiger partial charge in [-0.15, -0.1) is 5.10 Å². The van der Waals surface area contributed by atoms with Crippen molar-refractivity contribution < 1.29 is 9.13 Å². The van der Waals surface area contributed by atoms with E-state index in [4.69, 9.17) is 27.9 Å². The predicted octanol–water partition coefficient (Wildman–Crippen LogP) is 2.40. The summed E-state index contributed by atoms with van der Waals surface area (Å²) in [5.74, 6) is 0.0289. The Morgan fingerprint density at radius 1 is 1.35 bits per heavy atom. The highest BCUT2D eigenvalue weighted by atomic mass is 35.5. The minimum absolute atomic E-state index is 0.0488. The van der Waals surface area contributed by atoms with E-state index in [2.05, 4.69) is 25.5 Å². The van der Waals surface area contributed by atoms with Gasteiger partial charge in [-0.3, -0.25) is 5.10 Å². The Hall–Kier alpha value is -1.60. The number of rotatable bonds is 3. The van der Waals surface area contributed by atoms with Crippen LogP contribution in [-0.2, 0) is 0 Å². The van der Waals surface area contributed by atoms with Gasteiger partial charge >= 0.3 is 0 Å². The van der Waals surface area contributed by atoms with E-state index in [9.17, 15) is 4.39 Å². The van der Waals surface area contributed by atoms with Gasteiger partial charge in [-0.05, 0) is 0 Å². The maximum atomic E-state index is 13.1. The SMILES string of the molecule is COc1cc(Nc2nc(Cl)c(F)c(Cl)n2)[nH]n1. The number of aromatic nitrogens is 4. The number of aromatic amines is 1. The van der Waals surface area contributed by atoms with Crippen LogP contribution >= 0.6 is 23.2 Å². The molecule has 90 valence electrons. The second kappa shape index (κ2) is 4.72. The Bertz CT molecular complexity index is 523. The zero-order valence-electron chi connectivity index (χ0n) is 8.46. The second-order valence-corrected chi connectivity index (χ2v) is 3.61. The number of ether oxygens (including phenoxy) is 1. The molecule has 0 radical (unpaired) electrons. The van der Waals surface area contributed by atoms with Crippen molar-refractivity contribution in [2.75, 3.05) is 12.4 Å². The van der Waals surface area contributed by atoms with E-state index in [-0.39, 0.29) is 16.3 Å². The van der Waals surface area contributed by atoms with Crippen molar-refractivity contribution in [1.82, 2.24) is 20.2 Å². The molecule has 0 aromatic carbocycles. The molecule has 0 atom stereocenters. The Morgan fingerprint density at radius 2 is 2.00 bits per heavy atom. The molecule has 0 bridgehead atoms. The van der Waals surface area contributed by atoms with Crippen molar-refractivity contribution in [3.05, 3.63) is 22.2 Å². The number of hydrogen-bond acceptors (Lipinski definition) is 5. The van der Waals surface area contributed by atoms with Crippen molar-refractivity contribution in [1.29, 1.82) is 0 Å². The molecular formula is C8H6Cl2FN5O. The first-order valence-electron chi connectivity index (χ1n) is 4.35. The summed E-state index contributed by atoms with van der Waals surface area (Å²) in [6, 6.07) is 1.56. The van der Waals surface area contributed by atoms with Crippen molar-refractivity contribution in [3.8, 4) is 5.88 Å². The van der Waals surface area contributed by atoms with Crippen molar-refractivity contribution in [2.24, 2.45) is 0 Å². The topological polar surface area (TPSA) is 75.7 Å². The van der Waals surface area contributed by atoms with Crippen LogP contribution in [0.2, 0.25) is 10.3 Å². The molecule has 6 nitrogen and oxygen atoms in total. The third-order valence-corrected chi connectivity index (χ3v) is 2.28. The molecule has 2 heterocycles. The summed E-state index contributed by atoms with van der Waals surface area (Å²) < 4.78 is 17.9.